The van der Waals surface area contributed by atoms with Gasteiger partial charge in [-0.1, -0.05) is 11.6 Å². The first kappa shape index (κ1) is 10.9. The number of carboxylic acids is 1. The summed E-state index contributed by atoms with van der Waals surface area (Å²) in [5, 5.41) is 18.5. The molecule has 0 spiro atoms. The Morgan fingerprint density at radius 2 is 2.14 bits per heavy atom. The van der Waals surface area contributed by atoms with Crippen LogP contribution < -0.4 is 0 Å². The van der Waals surface area contributed by atoms with Crippen LogP contribution in [0, 0.1) is 6.92 Å². The summed E-state index contributed by atoms with van der Waals surface area (Å²) in [5.74, 6) is -0.783. The predicted octanol–water partition coefficient (Wildman–Crippen LogP) is 2.37. The smallest absolute Gasteiger partial charge is 0.303 e. The lowest BCUT2D eigenvalue weighted by Crippen LogP contribution is -1.98. The number of carboxylic acid groups (broad SMARTS) is 1. The topological polar surface area (TPSA) is 57.5 Å². The number of benzene rings is 1. The van der Waals surface area contributed by atoms with Gasteiger partial charge >= 0.3 is 5.97 Å². The molecule has 0 atom stereocenters. The van der Waals surface area contributed by atoms with Gasteiger partial charge in [0.15, 0.2) is 0 Å². The largest absolute Gasteiger partial charge is 0.508 e. The van der Waals surface area contributed by atoms with Crippen molar-refractivity contribution in [2.24, 2.45) is 0 Å². The van der Waals surface area contributed by atoms with Crippen molar-refractivity contribution < 1.29 is 15.0 Å². The maximum absolute atomic E-state index is 10.3. The van der Waals surface area contributed by atoms with Crippen molar-refractivity contribution in [3.05, 3.63) is 28.3 Å². The van der Waals surface area contributed by atoms with Gasteiger partial charge in [-0.3, -0.25) is 4.79 Å². The standard InChI is InChI=1S/C10H11ClO3/c1-6-4-9(12)7(5-8(6)11)2-3-10(13)14/h4-5,12H,2-3H2,1H3,(H,13,14). The lowest BCUT2D eigenvalue weighted by molar-refractivity contribution is -0.136. The van der Waals surface area contributed by atoms with Gasteiger partial charge in [-0.05, 0) is 36.6 Å². The minimum absolute atomic E-state index is 0.00699. The van der Waals surface area contributed by atoms with Gasteiger partial charge in [0.25, 0.3) is 0 Å². The van der Waals surface area contributed by atoms with Gasteiger partial charge in [0.2, 0.25) is 0 Å². The number of carbonyl (C=O) groups is 1. The highest BCUT2D eigenvalue weighted by Gasteiger charge is 2.07. The molecule has 0 unspecified atom stereocenters. The summed E-state index contributed by atoms with van der Waals surface area (Å²) < 4.78 is 0. The molecule has 14 heavy (non-hydrogen) atoms. The lowest BCUT2D eigenvalue weighted by Gasteiger charge is -2.05. The molecule has 0 amide bonds. The second kappa shape index (κ2) is 4.33. The lowest BCUT2D eigenvalue weighted by atomic mass is 10.1. The summed E-state index contributed by atoms with van der Waals surface area (Å²) in [7, 11) is 0. The summed E-state index contributed by atoms with van der Waals surface area (Å²) in [6.45, 7) is 1.78. The first-order valence-corrected chi connectivity index (χ1v) is 4.58. The van der Waals surface area contributed by atoms with Crippen LogP contribution in [0.2, 0.25) is 5.02 Å². The van der Waals surface area contributed by atoms with Crippen molar-refractivity contribution >= 4 is 17.6 Å². The summed E-state index contributed by atoms with van der Waals surface area (Å²) in [6.07, 6.45) is 0.286. The Morgan fingerprint density at radius 3 is 2.71 bits per heavy atom. The molecular weight excluding hydrogens is 204 g/mol. The third-order valence-electron chi connectivity index (χ3n) is 1.97. The molecule has 1 aromatic rings. The Labute approximate surface area is 86.9 Å². The van der Waals surface area contributed by atoms with Crippen LogP contribution >= 0.6 is 11.6 Å². The third-order valence-corrected chi connectivity index (χ3v) is 2.38. The molecule has 76 valence electrons. The van der Waals surface area contributed by atoms with E-state index in [0.29, 0.717) is 17.0 Å². The molecule has 0 aromatic heterocycles. The molecule has 3 nitrogen and oxygen atoms in total. The quantitative estimate of drug-likeness (QED) is 0.812. The highest BCUT2D eigenvalue weighted by atomic mass is 35.5. The van der Waals surface area contributed by atoms with Crippen molar-refractivity contribution in [3.8, 4) is 5.75 Å². The minimum atomic E-state index is -0.888. The van der Waals surface area contributed by atoms with E-state index in [1.807, 2.05) is 0 Å². The van der Waals surface area contributed by atoms with Crippen molar-refractivity contribution in [3.63, 3.8) is 0 Å². The number of rotatable bonds is 3. The Morgan fingerprint density at radius 1 is 1.50 bits per heavy atom. The second-order valence-electron chi connectivity index (χ2n) is 3.12. The highest BCUT2D eigenvalue weighted by Crippen LogP contribution is 2.26. The van der Waals surface area contributed by atoms with E-state index >= 15 is 0 Å². The van der Waals surface area contributed by atoms with E-state index in [1.165, 1.54) is 0 Å². The molecule has 1 aromatic carbocycles. The van der Waals surface area contributed by atoms with Crippen molar-refractivity contribution in [2.75, 3.05) is 0 Å². The van der Waals surface area contributed by atoms with E-state index in [9.17, 15) is 9.90 Å². The molecule has 1 rings (SSSR count). The summed E-state index contributed by atoms with van der Waals surface area (Å²) in [6, 6.07) is 3.15. The number of phenols is 1. The first-order chi connectivity index (χ1) is 6.50. The number of aryl methyl sites for hydroxylation is 2. The van der Waals surface area contributed by atoms with Crippen molar-refractivity contribution in [1.29, 1.82) is 0 Å². The van der Waals surface area contributed by atoms with E-state index in [4.69, 9.17) is 16.7 Å². The summed E-state index contributed by atoms with van der Waals surface area (Å²) >= 11 is 5.84. The van der Waals surface area contributed by atoms with Gasteiger partial charge in [0, 0.05) is 11.4 Å². The first-order valence-electron chi connectivity index (χ1n) is 4.20. The molecule has 0 aliphatic heterocycles. The second-order valence-corrected chi connectivity index (χ2v) is 3.53. The van der Waals surface area contributed by atoms with Crippen LogP contribution in [-0.4, -0.2) is 16.2 Å². The monoisotopic (exact) mass is 214 g/mol. The zero-order valence-electron chi connectivity index (χ0n) is 7.75. The SMILES string of the molecule is Cc1cc(O)c(CCC(=O)O)cc1Cl. The fourth-order valence-electron chi connectivity index (χ4n) is 1.15. The van der Waals surface area contributed by atoms with Crippen LogP contribution in [0.4, 0.5) is 0 Å². The van der Waals surface area contributed by atoms with Crippen molar-refractivity contribution in [2.45, 2.75) is 19.8 Å². The zero-order chi connectivity index (χ0) is 10.7. The van der Waals surface area contributed by atoms with Gasteiger partial charge in [0.05, 0.1) is 0 Å². The van der Waals surface area contributed by atoms with Crippen LogP contribution in [0.25, 0.3) is 0 Å². The minimum Gasteiger partial charge on any atom is -0.508 e. The van der Waals surface area contributed by atoms with Crippen LogP contribution in [-0.2, 0) is 11.2 Å². The van der Waals surface area contributed by atoms with E-state index in [-0.39, 0.29) is 12.2 Å². The maximum Gasteiger partial charge on any atom is 0.303 e. The number of phenolic OH excluding ortho intramolecular Hbond substituents is 1. The van der Waals surface area contributed by atoms with Gasteiger partial charge < -0.3 is 10.2 Å². The normalized spacial score (nSPS) is 10.1. The highest BCUT2D eigenvalue weighted by molar-refractivity contribution is 6.31. The number of aromatic hydroxyl groups is 1. The molecule has 4 heteroatoms. The third kappa shape index (κ3) is 2.64. The molecule has 0 radical (unpaired) electrons. The van der Waals surface area contributed by atoms with Crippen molar-refractivity contribution in [1.82, 2.24) is 0 Å². The molecular formula is C10H11ClO3. The number of hydrogen-bond acceptors (Lipinski definition) is 2. The van der Waals surface area contributed by atoms with Crippen LogP contribution in [0.3, 0.4) is 0 Å². The van der Waals surface area contributed by atoms with E-state index in [1.54, 1.807) is 19.1 Å². The molecule has 0 aliphatic carbocycles. The molecule has 0 fully saturated rings. The van der Waals surface area contributed by atoms with Crippen LogP contribution in [0.1, 0.15) is 17.5 Å². The molecule has 0 saturated heterocycles. The van der Waals surface area contributed by atoms with Crippen LogP contribution in [0.5, 0.6) is 5.75 Å². The average molecular weight is 215 g/mol. The summed E-state index contributed by atoms with van der Waals surface area (Å²) in [4.78, 5) is 10.3. The Balaban J connectivity index is 2.87. The predicted molar refractivity (Wildman–Crippen MR) is 53.8 cm³/mol. The van der Waals surface area contributed by atoms with Gasteiger partial charge in [-0.15, -0.1) is 0 Å². The molecule has 0 bridgehead atoms. The molecule has 0 aliphatic rings. The fourth-order valence-corrected chi connectivity index (χ4v) is 1.34. The Hall–Kier alpha value is -1.22. The molecule has 0 heterocycles. The molecule has 2 N–H and O–H groups in total. The zero-order valence-corrected chi connectivity index (χ0v) is 8.51. The maximum atomic E-state index is 10.3. The van der Waals surface area contributed by atoms with E-state index in [0.717, 1.165) is 5.56 Å². The average Bonchev–Trinajstić information content (AvgIpc) is 2.09. The fraction of sp³-hybridized carbons (Fsp3) is 0.300. The van der Waals surface area contributed by atoms with Gasteiger partial charge in [-0.25, -0.2) is 0 Å². The molecule has 0 saturated carbocycles. The number of halogens is 1. The van der Waals surface area contributed by atoms with E-state index in [2.05, 4.69) is 0 Å². The van der Waals surface area contributed by atoms with Gasteiger partial charge in [0.1, 0.15) is 5.75 Å². The van der Waals surface area contributed by atoms with Crippen LogP contribution in [0.15, 0.2) is 12.1 Å². The Kier molecular flexibility index (Phi) is 3.36. The Bertz CT molecular complexity index is 361. The van der Waals surface area contributed by atoms with Gasteiger partial charge in [-0.2, -0.15) is 0 Å². The number of hydrogen-bond donors (Lipinski definition) is 2. The number of aliphatic carboxylic acids is 1. The van der Waals surface area contributed by atoms with E-state index < -0.39 is 5.97 Å². The summed E-state index contributed by atoms with van der Waals surface area (Å²) in [5.41, 5.74) is 1.35.